The zero-order chi connectivity index (χ0) is 13.4. The maximum atomic E-state index is 11.4. The molecule has 0 saturated heterocycles. The molecule has 0 heterocycles. The highest BCUT2D eigenvalue weighted by atomic mass is 16.5. The van der Waals surface area contributed by atoms with Crippen LogP contribution in [0.3, 0.4) is 0 Å². The monoisotopic (exact) mass is 260 g/mol. The second-order valence-electron chi connectivity index (χ2n) is 5.87. The molecule has 0 aliphatic heterocycles. The molecule has 1 amide bonds. The summed E-state index contributed by atoms with van der Waals surface area (Å²) in [7, 11) is 0. The molecule has 3 atom stereocenters. The molecule has 1 aromatic carbocycles. The molecule has 4 heteroatoms. The Bertz CT molecular complexity index is 501. The largest absolute Gasteiger partial charge is 0.492 e. The van der Waals surface area contributed by atoms with Crippen molar-refractivity contribution in [2.24, 2.45) is 23.5 Å². The Hall–Kier alpha value is -1.71. The van der Waals surface area contributed by atoms with Crippen LogP contribution in [0.1, 0.15) is 36.0 Å². The quantitative estimate of drug-likeness (QED) is 0.814. The van der Waals surface area contributed by atoms with Crippen molar-refractivity contribution < 1.29 is 9.53 Å². The molecule has 0 aromatic heterocycles. The molecule has 4 nitrogen and oxygen atoms in total. The Balaban J connectivity index is 1.68. The predicted molar refractivity (Wildman–Crippen MR) is 73.8 cm³/mol. The van der Waals surface area contributed by atoms with Crippen LogP contribution >= 0.6 is 0 Å². The Kier molecular flexibility index (Phi) is 3.09. The van der Waals surface area contributed by atoms with E-state index >= 15 is 0 Å². The van der Waals surface area contributed by atoms with E-state index in [1.165, 1.54) is 25.7 Å². The molecule has 0 radical (unpaired) electrons. The van der Waals surface area contributed by atoms with Gasteiger partial charge in [0.25, 0.3) is 5.91 Å². The van der Waals surface area contributed by atoms with Gasteiger partial charge in [-0.15, -0.1) is 0 Å². The highest BCUT2D eigenvalue weighted by Gasteiger charge is 2.39. The van der Waals surface area contributed by atoms with Crippen LogP contribution in [-0.2, 0) is 0 Å². The number of hydrogen-bond acceptors (Lipinski definition) is 3. The highest BCUT2D eigenvalue weighted by Crippen LogP contribution is 2.48. The minimum absolute atomic E-state index is 0.378. The molecular weight excluding hydrogens is 240 g/mol. The van der Waals surface area contributed by atoms with Crippen molar-refractivity contribution in [3.63, 3.8) is 0 Å². The lowest BCUT2D eigenvalue weighted by Crippen LogP contribution is -2.20. The lowest BCUT2D eigenvalue weighted by atomic mass is 9.89. The van der Waals surface area contributed by atoms with Gasteiger partial charge in [-0.05, 0) is 55.2 Å². The third-order valence-electron chi connectivity index (χ3n) is 4.61. The van der Waals surface area contributed by atoms with Crippen LogP contribution in [0.5, 0.6) is 5.75 Å². The van der Waals surface area contributed by atoms with Gasteiger partial charge in [-0.25, -0.2) is 0 Å². The maximum absolute atomic E-state index is 11.4. The van der Waals surface area contributed by atoms with Crippen molar-refractivity contribution in [3.05, 3.63) is 23.8 Å². The second-order valence-corrected chi connectivity index (χ2v) is 5.87. The first kappa shape index (κ1) is 12.3. The van der Waals surface area contributed by atoms with Crippen molar-refractivity contribution >= 4 is 11.6 Å². The normalized spacial score (nSPS) is 28.5. The molecule has 2 bridgehead atoms. The van der Waals surface area contributed by atoms with E-state index < -0.39 is 5.91 Å². The van der Waals surface area contributed by atoms with Crippen LogP contribution in [-0.4, -0.2) is 12.5 Å². The number of anilines is 1. The maximum Gasteiger partial charge on any atom is 0.252 e. The number of carbonyl (C=O) groups is 1. The molecule has 19 heavy (non-hydrogen) atoms. The number of fused-ring (bicyclic) bond motifs is 2. The molecule has 102 valence electrons. The van der Waals surface area contributed by atoms with Gasteiger partial charge in [0.05, 0.1) is 12.2 Å². The summed E-state index contributed by atoms with van der Waals surface area (Å²) in [6.45, 7) is 0.686. The summed E-state index contributed by atoms with van der Waals surface area (Å²) in [5.41, 5.74) is 11.9. The molecule has 3 rings (SSSR count). The van der Waals surface area contributed by atoms with E-state index in [2.05, 4.69) is 0 Å². The standard InChI is InChI=1S/C15H20N2O2/c16-12-3-4-14(13(7-12)15(17)18)19-8-11-6-9-1-2-10(11)5-9/h3-4,7,9-11H,1-2,5-6,8,16H2,(H2,17,18). The lowest BCUT2D eigenvalue weighted by Gasteiger charge is -2.22. The Morgan fingerprint density at radius 3 is 2.79 bits per heavy atom. The minimum atomic E-state index is -0.491. The molecule has 0 spiro atoms. The fraction of sp³-hybridized carbons (Fsp3) is 0.533. The molecule has 2 fully saturated rings. The van der Waals surface area contributed by atoms with Crippen molar-refractivity contribution in [1.29, 1.82) is 0 Å². The van der Waals surface area contributed by atoms with Crippen LogP contribution in [0.25, 0.3) is 0 Å². The first-order chi connectivity index (χ1) is 9.13. The van der Waals surface area contributed by atoms with E-state index in [4.69, 9.17) is 16.2 Å². The van der Waals surface area contributed by atoms with Crippen molar-refractivity contribution in [2.45, 2.75) is 25.7 Å². The van der Waals surface area contributed by atoms with Gasteiger partial charge in [-0.1, -0.05) is 6.42 Å². The predicted octanol–water partition coefficient (Wildman–Crippen LogP) is 2.18. The third-order valence-corrected chi connectivity index (χ3v) is 4.61. The molecule has 4 N–H and O–H groups in total. The number of nitrogen functional groups attached to an aromatic ring is 1. The van der Waals surface area contributed by atoms with E-state index in [-0.39, 0.29) is 0 Å². The van der Waals surface area contributed by atoms with Crippen molar-refractivity contribution in [3.8, 4) is 5.75 Å². The molecule has 2 aliphatic carbocycles. The number of nitrogens with two attached hydrogens (primary N) is 2. The van der Waals surface area contributed by atoms with Crippen LogP contribution in [0.4, 0.5) is 5.69 Å². The Morgan fingerprint density at radius 1 is 1.32 bits per heavy atom. The van der Waals surface area contributed by atoms with Crippen LogP contribution in [0.2, 0.25) is 0 Å². The summed E-state index contributed by atoms with van der Waals surface area (Å²) < 4.78 is 5.83. The zero-order valence-electron chi connectivity index (χ0n) is 11.0. The van der Waals surface area contributed by atoms with E-state index in [9.17, 15) is 4.79 Å². The number of ether oxygens (including phenoxy) is 1. The Labute approximate surface area is 113 Å². The number of benzene rings is 1. The van der Waals surface area contributed by atoms with Gasteiger partial charge < -0.3 is 16.2 Å². The summed E-state index contributed by atoms with van der Waals surface area (Å²) in [4.78, 5) is 11.4. The minimum Gasteiger partial charge on any atom is -0.492 e. The molecular formula is C15H20N2O2. The van der Waals surface area contributed by atoms with Crippen molar-refractivity contribution in [1.82, 2.24) is 0 Å². The van der Waals surface area contributed by atoms with E-state index in [1.54, 1.807) is 18.2 Å². The summed E-state index contributed by atoms with van der Waals surface area (Å²) in [5, 5.41) is 0. The number of primary amides is 1. The number of amides is 1. The SMILES string of the molecule is NC(=O)c1cc(N)ccc1OCC1CC2CCC1C2. The average molecular weight is 260 g/mol. The van der Waals surface area contributed by atoms with Crippen LogP contribution in [0, 0.1) is 17.8 Å². The van der Waals surface area contributed by atoms with Crippen LogP contribution in [0.15, 0.2) is 18.2 Å². The smallest absolute Gasteiger partial charge is 0.252 e. The van der Waals surface area contributed by atoms with Gasteiger partial charge in [-0.3, -0.25) is 4.79 Å². The number of hydrogen-bond donors (Lipinski definition) is 2. The topological polar surface area (TPSA) is 78.3 Å². The zero-order valence-corrected chi connectivity index (χ0v) is 11.0. The Morgan fingerprint density at radius 2 is 2.16 bits per heavy atom. The first-order valence-corrected chi connectivity index (χ1v) is 6.95. The molecule has 2 saturated carbocycles. The van der Waals surface area contributed by atoms with Crippen LogP contribution < -0.4 is 16.2 Å². The van der Waals surface area contributed by atoms with Gasteiger partial charge in [0, 0.05) is 5.69 Å². The summed E-state index contributed by atoms with van der Waals surface area (Å²) in [6, 6.07) is 5.06. The van der Waals surface area contributed by atoms with E-state index in [1.807, 2.05) is 0 Å². The summed E-state index contributed by atoms with van der Waals surface area (Å²) in [5.74, 6) is 2.42. The lowest BCUT2D eigenvalue weighted by molar-refractivity contribution is 0.0994. The summed E-state index contributed by atoms with van der Waals surface area (Å²) >= 11 is 0. The summed E-state index contributed by atoms with van der Waals surface area (Å²) in [6.07, 6.45) is 5.35. The van der Waals surface area contributed by atoms with E-state index in [0.29, 0.717) is 29.5 Å². The second kappa shape index (κ2) is 4.76. The van der Waals surface area contributed by atoms with Gasteiger partial charge in [0.15, 0.2) is 0 Å². The number of rotatable bonds is 4. The molecule has 1 aromatic rings. The van der Waals surface area contributed by atoms with Gasteiger partial charge in [0.2, 0.25) is 0 Å². The molecule has 3 unspecified atom stereocenters. The first-order valence-electron chi connectivity index (χ1n) is 6.95. The third kappa shape index (κ3) is 2.39. The van der Waals surface area contributed by atoms with E-state index in [0.717, 1.165) is 11.8 Å². The fourth-order valence-corrected chi connectivity index (χ4v) is 3.64. The fourth-order valence-electron chi connectivity index (χ4n) is 3.64. The van der Waals surface area contributed by atoms with Gasteiger partial charge >= 0.3 is 0 Å². The van der Waals surface area contributed by atoms with Gasteiger partial charge in [0.1, 0.15) is 5.75 Å². The van der Waals surface area contributed by atoms with Gasteiger partial charge in [-0.2, -0.15) is 0 Å². The highest BCUT2D eigenvalue weighted by molar-refractivity contribution is 5.96. The molecule has 2 aliphatic rings. The average Bonchev–Trinajstić information content (AvgIpc) is 2.99. The number of carbonyl (C=O) groups excluding carboxylic acids is 1. The van der Waals surface area contributed by atoms with Crippen molar-refractivity contribution in [2.75, 3.05) is 12.3 Å².